The fourth-order valence-corrected chi connectivity index (χ4v) is 4.13. The van der Waals surface area contributed by atoms with Gasteiger partial charge in [0, 0.05) is 11.4 Å². The number of alkyl halides is 1. The number of hydrogen-bond acceptors (Lipinski definition) is 2. The van der Waals surface area contributed by atoms with E-state index >= 15 is 0 Å². The average Bonchev–Trinajstić information content (AvgIpc) is 1.96. The first kappa shape index (κ1) is 16.4. The zero-order valence-corrected chi connectivity index (χ0v) is 13.3. The van der Waals surface area contributed by atoms with Crippen LogP contribution in [0.5, 0.6) is 0 Å². The SMILES string of the molecule is CC(C)CC(CBr)NS(=O)(=O)CC(C)(C)C. The molecule has 0 aliphatic carbocycles. The summed E-state index contributed by atoms with van der Waals surface area (Å²) in [4.78, 5) is 0. The van der Waals surface area contributed by atoms with Crippen LogP contribution in [0.15, 0.2) is 0 Å². The van der Waals surface area contributed by atoms with Crippen LogP contribution in [0.3, 0.4) is 0 Å². The summed E-state index contributed by atoms with van der Waals surface area (Å²) in [5, 5.41) is 0.661. The van der Waals surface area contributed by atoms with Crippen LogP contribution in [0.2, 0.25) is 0 Å². The number of halogens is 1. The van der Waals surface area contributed by atoms with Crippen LogP contribution in [0, 0.1) is 11.3 Å². The Kier molecular flexibility index (Phi) is 6.51. The lowest BCUT2D eigenvalue weighted by Gasteiger charge is -2.22. The summed E-state index contributed by atoms with van der Waals surface area (Å²) in [5.74, 6) is 0.654. The van der Waals surface area contributed by atoms with Gasteiger partial charge < -0.3 is 0 Å². The molecular weight excluding hydrogens is 290 g/mol. The van der Waals surface area contributed by atoms with Gasteiger partial charge in [0.1, 0.15) is 0 Å². The Morgan fingerprint density at radius 1 is 1.25 bits per heavy atom. The Bertz CT molecular complexity index is 294. The van der Waals surface area contributed by atoms with Crippen molar-refractivity contribution in [1.82, 2.24) is 4.72 Å². The van der Waals surface area contributed by atoms with Crippen molar-refractivity contribution in [1.29, 1.82) is 0 Å². The first-order valence-electron chi connectivity index (χ1n) is 5.62. The van der Waals surface area contributed by atoms with Crippen LogP contribution < -0.4 is 4.72 Å². The second kappa shape index (κ2) is 6.36. The largest absolute Gasteiger partial charge is 0.212 e. The van der Waals surface area contributed by atoms with Crippen LogP contribution in [0.4, 0.5) is 0 Å². The predicted octanol–water partition coefficient (Wildman–Crippen LogP) is 2.76. The van der Waals surface area contributed by atoms with Gasteiger partial charge in [-0.1, -0.05) is 50.5 Å². The molecule has 0 aromatic carbocycles. The van der Waals surface area contributed by atoms with Gasteiger partial charge in [-0.25, -0.2) is 13.1 Å². The summed E-state index contributed by atoms with van der Waals surface area (Å²) < 4.78 is 26.5. The minimum absolute atomic E-state index is 0.00708. The van der Waals surface area contributed by atoms with Crippen molar-refractivity contribution in [3.8, 4) is 0 Å². The molecule has 0 aromatic heterocycles. The molecule has 5 heteroatoms. The van der Waals surface area contributed by atoms with E-state index in [1.807, 2.05) is 20.8 Å². The smallest absolute Gasteiger partial charge is 0.212 e. The van der Waals surface area contributed by atoms with Crippen LogP contribution in [-0.2, 0) is 10.0 Å². The lowest BCUT2D eigenvalue weighted by molar-refractivity contribution is 0.446. The lowest BCUT2D eigenvalue weighted by atomic mass is 10.0. The Labute approximate surface area is 109 Å². The van der Waals surface area contributed by atoms with E-state index in [-0.39, 0.29) is 17.2 Å². The number of nitrogens with one attached hydrogen (secondary N) is 1. The van der Waals surface area contributed by atoms with Gasteiger partial charge in [0.05, 0.1) is 5.75 Å². The highest BCUT2D eigenvalue weighted by atomic mass is 79.9. The molecule has 0 amide bonds. The maximum atomic E-state index is 11.9. The monoisotopic (exact) mass is 313 g/mol. The fraction of sp³-hybridized carbons (Fsp3) is 1.00. The quantitative estimate of drug-likeness (QED) is 0.766. The molecule has 1 unspecified atom stereocenters. The van der Waals surface area contributed by atoms with Gasteiger partial charge in [0.25, 0.3) is 0 Å². The van der Waals surface area contributed by atoms with E-state index in [9.17, 15) is 8.42 Å². The highest BCUT2D eigenvalue weighted by molar-refractivity contribution is 9.09. The van der Waals surface area contributed by atoms with Crippen molar-refractivity contribution in [2.75, 3.05) is 11.1 Å². The summed E-state index contributed by atoms with van der Waals surface area (Å²) in [5.41, 5.74) is -0.208. The van der Waals surface area contributed by atoms with Crippen LogP contribution in [0.25, 0.3) is 0 Å². The van der Waals surface area contributed by atoms with Crippen molar-refractivity contribution in [2.45, 2.75) is 47.1 Å². The van der Waals surface area contributed by atoms with Crippen molar-refractivity contribution >= 4 is 26.0 Å². The zero-order valence-electron chi connectivity index (χ0n) is 10.9. The molecule has 3 nitrogen and oxygen atoms in total. The second-order valence-electron chi connectivity index (χ2n) is 5.92. The molecule has 0 heterocycles. The maximum absolute atomic E-state index is 11.9. The highest BCUT2D eigenvalue weighted by Gasteiger charge is 2.24. The first-order chi connectivity index (χ1) is 7.06. The molecular formula is C11H24BrNO2S. The van der Waals surface area contributed by atoms with Gasteiger partial charge in [-0.2, -0.15) is 0 Å². The van der Waals surface area contributed by atoms with E-state index < -0.39 is 10.0 Å². The third-order valence-electron chi connectivity index (χ3n) is 1.91. The predicted molar refractivity (Wildman–Crippen MR) is 73.4 cm³/mol. The van der Waals surface area contributed by atoms with Crippen molar-refractivity contribution in [3.63, 3.8) is 0 Å². The van der Waals surface area contributed by atoms with Gasteiger partial charge >= 0.3 is 0 Å². The third-order valence-corrected chi connectivity index (χ3v) is 4.63. The standard InChI is InChI=1S/C11H24BrNO2S/c1-9(2)6-10(7-12)13-16(14,15)8-11(3,4)5/h9-10,13H,6-8H2,1-5H3. The molecule has 0 bridgehead atoms. The molecule has 0 rings (SSSR count). The number of rotatable bonds is 6. The van der Waals surface area contributed by atoms with Gasteiger partial charge in [0.2, 0.25) is 10.0 Å². The summed E-state index contributed by atoms with van der Waals surface area (Å²) >= 11 is 3.35. The minimum Gasteiger partial charge on any atom is -0.212 e. The molecule has 98 valence electrons. The molecule has 0 spiro atoms. The molecule has 1 N–H and O–H groups in total. The second-order valence-corrected chi connectivity index (χ2v) is 8.32. The molecule has 0 radical (unpaired) electrons. The van der Waals surface area contributed by atoms with Crippen molar-refractivity contribution < 1.29 is 8.42 Å². The van der Waals surface area contributed by atoms with Gasteiger partial charge in [0.15, 0.2) is 0 Å². The Hall–Kier alpha value is 0.390. The normalized spacial score (nSPS) is 15.4. The minimum atomic E-state index is -3.18. The highest BCUT2D eigenvalue weighted by Crippen LogP contribution is 2.16. The Morgan fingerprint density at radius 3 is 2.06 bits per heavy atom. The number of hydrogen-bond donors (Lipinski definition) is 1. The molecule has 0 saturated heterocycles. The summed E-state index contributed by atoms with van der Waals surface area (Å²) in [6.45, 7) is 9.97. The zero-order chi connectivity index (χ0) is 13.0. The van der Waals surface area contributed by atoms with Gasteiger partial charge in [-0.05, 0) is 17.8 Å². The molecule has 0 aliphatic heterocycles. The Balaban J connectivity index is 4.44. The van der Waals surface area contributed by atoms with Crippen LogP contribution in [0.1, 0.15) is 41.0 Å². The average molecular weight is 314 g/mol. The lowest BCUT2D eigenvalue weighted by Crippen LogP contribution is -2.40. The number of sulfonamides is 1. The Morgan fingerprint density at radius 2 is 1.75 bits per heavy atom. The van der Waals surface area contributed by atoms with Crippen molar-refractivity contribution in [2.24, 2.45) is 11.3 Å². The third kappa shape index (κ3) is 8.53. The molecule has 0 aliphatic rings. The first-order valence-corrected chi connectivity index (χ1v) is 8.39. The molecule has 16 heavy (non-hydrogen) atoms. The van der Waals surface area contributed by atoms with Crippen LogP contribution >= 0.6 is 15.9 Å². The van der Waals surface area contributed by atoms with Gasteiger partial charge in [-0.15, -0.1) is 0 Å². The van der Waals surface area contributed by atoms with E-state index in [0.29, 0.717) is 11.2 Å². The summed E-state index contributed by atoms with van der Waals surface area (Å²) in [6.07, 6.45) is 0.856. The summed E-state index contributed by atoms with van der Waals surface area (Å²) in [6, 6.07) is -0.00708. The topological polar surface area (TPSA) is 46.2 Å². The van der Waals surface area contributed by atoms with Crippen molar-refractivity contribution in [3.05, 3.63) is 0 Å². The molecule has 0 fully saturated rings. The molecule has 0 saturated carbocycles. The van der Waals surface area contributed by atoms with E-state index in [1.165, 1.54) is 0 Å². The van der Waals surface area contributed by atoms with E-state index in [2.05, 4.69) is 34.5 Å². The molecule has 1 atom stereocenters. The maximum Gasteiger partial charge on any atom is 0.212 e. The van der Waals surface area contributed by atoms with E-state index in [4.69, 9.17) is 0 Å². The summed E-state index contributed by atoms with van der Waals surface area (Å²) in [7, 11) is -3.18. The van der Waals surface area contributed by atoms with Gasteiger partial charge in [-0.3, -0.25) is 0 Å². The van der Waals surface area contributed by atoms with Crippen LogP contribution in [-0.4, -0.2) is 25.5 Å². The van der Waals surface area contributed by atoms with E-state index in [0.717, 1.165) is 6.42 Å². The van der Waals surface area contributed by atoms with E-state index in [1.54, 1.807) is 0 Å². The fourth-order valence-electron chi connectivity index (χ4n) is 1.58. The molecule has 0 aromatic rings.